The minimum Gasteiger partial charge on any atom is -0.357 e. The summed E-state index contributed by atoms with van der Waals surface area (Å²) in [7, 11) is 0. The maximum Gasteiger partial charge on any atom is 0.253 e. The molecule has 1 aliphatic heterocycles. The molecule has 0 spiro atoms. The molecule has 1 amide bonds. The van der Waals surface area contributed by atoms with Gasteiger partial charge in [0.15, 0.2) is 0 Å². The molecule has 34 heavy (non-hydrogen) atoms. The van der Waals surface area contributed by atoms with Gasteiger partial charge in [-0.3, -0.25) is 14.8 Å². The Labute approximate surface area is 203 Å². The molecule has 5 heterocycles. The molecular weight excluding hydrogens is 444 g/mol. The summed E-state index contributed by atoms with van der Waals surface area (Å²) in [6.07, 6.45) is 10.8. The fraction of sp³-hybridized carbons (Fsp3) is 0.269. The monoisotopic (exact) mass is 470 g/mol. The average Bonchev–Trinajstić information content (AvgIpc) is 2.92. The van der Waals surface area contributed by atoms with Crippen LogP contribution in [-0.4, -0.2) is 45.2 Å². The van der Waals surface area contributed by atoms with Crippen LogP contribution in [-0.2, 0) is 6.54 Å². The number of amides is 1. The smallest absolute Gasteiger partial charge is 0.253 e. The zero-order chi connectivity index (χ0) is 23.3. The quantitative estimate of drug-likeness (QED) is 0.408. The number of pyridine rings is 4. The van der Waals surface area contributed by atoms with Gasteiger partial charge in [0.25, 0.3) is 5.91 Å². The van der Waals surface area contributed by atoms with Crippen molar-refractivity contribution in [3.05, 3.63) is 72.3 Å². The first-order valence-corrected chi connectivity index (χ1v) is 12.7. The first-order chi connectivity index (χ1) is 16.7. The van der Waals surface area contributed by atoms with E-state index in [4.69, 9.17) is 9.97 Å². The number of thioether (sulfide) groups is 1. The van der Waals surface area contributed by atoms with E-state index >= 15 is 0 Å². The fourth-order valence-corrected chi connectivity index (χ4v) is 4.50. The Kier molecular flexibility index (Phi) is 6.67. The average molecular weight is 471 g/mol. The zero-order valence-electron chi connectivity index (χ0n) is 19.1. The maximum absolute atomic E-state index is 12.5. The van der Waals surface area contributed by atoms with Crippen LogP contribution in [0.2, 0.25) is 0 Å². The van der Waals surface area contributed by atoms with Crippen LogP contribution < -0.4 is 10.2 Å². The van der Waals surface area contributed by atoms with Crippen molar-refractivity contribution in [3.63, 3.8) is 0 Å². The van der Waals surface area contributed by atoms with Gasteiger partial charge in [0, 0.05) is 42.0 Å². The molecule has 4 aromatic rings. The number of hydrogen-bond donors (Lipinski definition) is 1. The number of hydrogen-bond acceptors (Lipinski definition) is 7. The normalized spacial score (nSPS) is 13.7. The Bertz CT molecular complexity index is 1320. The Morgan fingerprint density at radius 1 is 1.00 bits per heavy atom. The number of anilines is 1. The van der Waals surface area contributed by atoms with Gasteiger partial charge in [0.1, 0.15) is 5.82 Å². The fourth-order valence-electron chi connectivity index (χ4n) is 4.09. The molecule has 7 nitrogen and oxygen atoms in total. The lowest BCUT2D eigenvalue weighted by molar-refractivity contribution is 0.0950. The first kappa shape index (κ1) is 22.3. The number of carbonyl (C=O) groups is 1. The molecule has 0 unspecified atom stereocenters. The van der Waals surface area contributed by atoms with E-state index in [-0.39, 0.29) is 5.91 Å². The van der Waals surface area contributed by atoms with Crippen molar-refractivity contribution in [2.45, 2.75) is 30.7 Å². The van der Waals surface area contributed by atoms with Crippen LogP contribution in [0.25, 0.3) is 22.3 Å². The van der Waals surface area contributed by atoms with Crippen molar-refractivity contribution >= 4 is 34.4 Å². The van der Waals surface area contributed by atoms with Crippen molar-refractivity contribution in [3.8, 4) is 11.4 Å². The SMILES string of the molecule is CSc1cncc(C(=O)NCc2cc3nc(-c4cccc(N5CCCCC5)n4)ccc3cn2)c1. The van der Waals surface area contributed by atoms with Crippen LogP contribution in [0.4, 0.5) is 5.82 Å². The van der Waals surface area contributed by atoms with Gasteiger partial charge in [-0.1, -0.05) is 6.07 Å². The van der Waals surface area contributed by atoms with Crippen LogP contribution in [0.15, 0.2) is 66.0 Å². The predicted octanol–water partition coefficient (Wildman–Crippen LogP) is 4.73. The van der Waals surface area contributed by atoms with E-state index in [2.05, 4.69) is 26.3 Å². The standard InChI is InChI=1S/C26H26N6OS/c1-34-21-12-19(14-27-17-21)26(33)29-16-20-13-24-18(15-28-20)8-9-23(30-24)22-6-5-7-25(31-22)32-10-3-2-4-11-32/h5-9,12-15,17H,2-4,10-11,16H2,1H3,(H,29,33). The molecule has 5 rings (SSSR count). The number of rotatable bonds is 6. The van der Waals surface area contributed by atoms with Crippen molar-refractivity contribution in [2.75, 3.05) is 24.2 Å². The van der Waals surface area contributed by atoms with E-state index in [1.807, 2.05) is 42.7 Å². The summed E-state index contributed by atoms with van der Waals surface area (Å²) in [6.45, 7) is 2.42. The van der Waals surface area contributed by atoms with E-state index in [0.29, 0.717) is 12.1 Å². The highest BCUT2D eigenvalue weighted by Gasteiger charge is 2.14. The molecule has 1 aliphatic rings. The van der Waals surface area contributed by atoms with Gasteiger partial charge < -0.3 is 10.2 Å². The lowest BCUT2D eigenvalue weighted by Gasteiger charge is -2.27. The summed E-state index contributed by atoms with van der Waals surface area (Å²) in [4.78, 5) is 34.2. The number of carbonyl (C=O) groups excluding carboxylic acids is 1. The molecule has 1 N–H and O–H groups in total. The lowest BCUT2D eigenvalue weighted by Crippen LogP contribution is -2.30. The molecular formula is C26H26N6OS. The number of fused-ring (bicyclic) bond motifs is 1. The highest BCUT2D eigenvalue weighted by molar-refractivity contribution is 7.98. The third kappa shape index (κ3) is 5.02. The molecule has 0 atom stereocenters. The van der Waals surface area contributed by atoms with Crippen LogP contribution in [0.5, 0.6) is 0 Å². The molecule has 0 aliphatic carbocycles. The van der Waals surface area contributed by atoms with E-state index in [9.17, 15) is 4.79 Å². The summed E-state index contributed by atoms with van der Waals surface area (Å²) >= 11 is 1.55. The Balaban J connectivity index is 1.34. The molecule has 4 aromatic heterocycles. The highest BCUT2D eigenvalue weighted by Crippen LogP contribution is 2.24. The summed E-state index contributed by atoms with van der Waals surface area (Å²) in [5.41, 5.74) is 3.79. The maximum atomic E-state index is 12.5. The van der Waals surface area contributed by atoms with Crippen molar-refractivity contribution in [1.29, 1.82) is 0 Å². The second-order valence-corrected chi connectivity index (χ2v) is 9.17. The Morgan fingerprint density at radius 2 is 1.85 bits per heavy atom. The molecule has 0 saturated carbocycles. The highest BCUT2D eigenvalue weighted by atomic mass is 32.2. The van der Waals surface area contributed by atoms with E-state index in [0.717, 1.165) is 51.8 Å². The lowest BCUT2D eigenvalue weighted by atomic mass is 10.1. The third-order valence-corrected chi connectivity index (χ3v) is 6.64. The topological polar surface area (TPSA) is 83.9 Å². The van der Waals surface area contributed by atoms with E-state index in [1.165, 1.54) is 19.3 Å². The van der Waals surface area contributed by atoms with E-state index in [1.54, 1.807) is 30.4 Å². The summed E-state index contributed by atoms with van der Waals surface area (Å²) in [5, 5.41) is 3.87. The number of aromatic nitrogens is 4. The third-order valence-electron chi connectivity index (χ3n) is 5.95. The van der Waals surface area contributed by atoms with Crippen LogP contribution in [0.3, 0.4) is 0 Å². The molecule has 8 heteroatoms. The molecule has 172 valence electrons. The second kappa shape index (κ2) is 10.2. The number of nitrogens with zero attached hydrogens (tertiary/aromatic N) is 5. The van der Waals surface area contributed by atoms with Gasteiger partial charge in [-0.05, 0) is 61.9 Å². The largest absolute Gasteiger partial charge is 0.357 e. The van der Waals surface area contributed by atoms with Crippen molar-refractivity contribution in [1.82, 2.24) is 25.3 Å². The number of piperidine rings is 1. The Hall–Kier alpha value is -3.52. The first-order valence-electron chi connectivity index (χ1n) is 11.4. The molecule has 0 aromatic carbocycles. The zero-order valence-corrected chi connectivity index (χ0v) is 19.9. The van der Waals surface area contributed by atoms with Gasteiger partial charge in [-0.15, -0.1) is 11.8 Å². The molecule has 0 radical (unpaired) electrons. The minimum atomic E-state index is -0.175. The number of nitrogens with one attached hydrogen (secondary N) is 1. The Morgan fingerprint density at radius 3 is 2.71 bits per heavy atom. The van der Waals surface area contributed by atoms with Crippen molar-refractivity contribution < 1.29 is 4.79 Å². The van der Waals surface area contributed by atoms with Crippen LogP contribution in [0.1, 0.15) is 35.3 Å². The van der Waals surface area contributed by atoms with Gasteiger partial charge >= 0.3 is 0 Å². The van der Waals surface area contributed by atoms with Gasteiger partial charge in [-0.25, -0.2) is 9.97 Å². The summed E-state index contributed by atoms with van der Waals surface area (Å²) in [5.74, 6) is 0.836. The van der Waals surface area contributed by atoms with E-state index < -0.39 is 0 Å². The van der Waals surface area contributed by atoms with Gasteiger partial charge in [-0.2, -0.15) is 0 Å². The van der Waals surface area contributed by atoms with Crippen LogP contribution in [0, 0.1) is 0 Å². The van der Waals surface area contributed by atoms with Crippen molar-refractivity contribution in [2.24, 2.45) is 0 Å². The minimum absolute atomic E-state index is 0.175. The molecule has 0 bridgehead atoms. The molecule has 1 saturated heterocycles. The van der Waals surface area contributed by atoms with Gasteiger partial charge in [0.2, 0.25) is 0 Å². The summed E-state index contributed by atoms with van der Waals surface area (Å²) < 4.78 is 0. The predicted molar refractivity (Wildman–Crippen MR) is 136 cm³/mol. The summed E-state index contributed by atoms with van der Waals surface area (Å²) in [6, 6.07) is 13.9. The van der Waals surface area contributed by atoms with Crippen LogP contribution >= 0.6 is 11.8 Å². The van der Waals surface area contributed by atoms with Gasteiger partial charge in [0.05, 0.1) is 34.7 Å². The molecule has 1 fully saturated rings. The second-order valence-electron chi connectivity index (χ2n) is 8.29.